The van der Waals surface area contributed by atoms with Gasteiger partial charge in [0.05, 0.1) is 11.0 Å². The summed E-state index contributed by atoms with van der Waals surface area (Å²) < 4.78 is 13.1. The SMILES string of the molecule is CNCC1CCCN1c1nc2ccc(F)cc2[nH]1. The molecule has 1 saturated heterocycles. The molecule has 1 aliphatic rings. The van der Waals surface area contributed by atoms with Crippen molar-refractivity contribution in [1.82, 2.24) is 15.3 Å². The van der Waals surface area contributed by atoms with E-state index in [4.69, 9.17) is 0 Å². The van der Waals surface area contributed by atoms with Gasteiger partial charge in [-0.1, -0.05) is 0 Å². The van der Waals surface area contributed by atoms with Crippen LogP contribution in [0.5, 0.6) is 0 Å². The molecule has 1 aromatic heterocycles. The van der Waals surface area contributed by atoms with Gasteiger partial charge in [-0.3, -0.25) is 0 Å². The predicted molar refractivity (Wildman–Crippen MR) is 70.3 cm³/mol. The van der Waals surface area contributed by atoms with Crippen LogP contribution in [0.15, 0.2) is 18.2 Å². The summed E-state index contributed by atoms with van der Waals surface area (Å²) in [6.07, 6.45) is 2.35. The van der Waals surface area contributed by atoms with E-state index >= 15 is 0 Å². The fourth-order valence-electron chi connectivity index (χ4n) is 2.67. The Bertz CT molecular complexity index is 551. The molecule has 96 valence electrons. The first-order valence-electron chi connectivity index (χ1n) is 6.34. The second-order valence-corrected chi connectivity index (χ2v) is 4.77. The van der Waals surface area contributed by atoms with Crippen molar-refractivity contribution < 1.29 is 4.39 Å². The maximum atomic E-state index is 13.1. The number of rotatable bonds is 3. The van der Waals surface area contributed by atoms with Crippen LogP contribution in [-0.2, 0) is 0 Å². The number of imidazole rings is 1. The average molecular weight is 248 g/mol. The number of nitrogens with zero attached hydrogens (tertiary/aromatic N) is 2. The van der Waals surface area contributed by atoms with E-state index in [2.05, 4.69) is 20.2 Å². The minimum absolute atomic E-state index is 0.231. The molecule has 18 heavy (non-hydrogen) atoms. The van der Waals surface area contributed by atoms with Gasteiger partial charge < -0.3 is 15.2 Å². The van der Waals surface area contributed by atoms with Gasteiger partial charge >= 0.3 is 0 Å². The Morgan fingerprint density at radius 1 is 1.56 bits per heavy atom. The molecule has 1 fully saturated rings. The number of aromatic nitrogens is 2. The van der Waals surface area contributed by atoms with E-state index in [1.807, 2.05) is 7.05 Å². The van der Waals surface area contributed by atoms with Gasteiger partial charge in [0, 0.05) is 19.1 Å². The number of anilines is 1. The third-order valence-electron chi connectivity index (χ3n) is 3.52. The monoisotopic (exact) mass is 248 g/mol. The molecule has 0 aliphatic carbocycles. The number of fused-ring (bicyclic) bond motifs is 1. The lowest BCUT2D eigenvalue weighted by atomic mass is 10.2. The Morgan fingerprint density at radius 2 is 2.44 bits per heavy atom. The van der Waals surface area contributed by atoms with Gasteiger partial charge in [0.1, 0.15) is 5.82 Å². The summed E-state index contributed by atoms with van der Waals surface area (Å²) in [7, 11) is 1.96. The molecule has 2 N–H and O–H groups in total. The lowest BCUT2D eigenvalue weighted by Crippen LogP contribution is -2.37. The summed E-state index contributed by atoms with van der Waals surface area (Å²) in [5, 5.41) is 3.21. The van der Waals surface area contributed by atoms with E-state index in [-0.39, 0.29) is 5.82 Å². The Labute approximate surface area is 105 Å². The maximum Gasteiger partial charge on any atom is 0.204 e. The van der Waals surface area contributed by atoms with Gasteiger partial charge in [0.2, 0.25) is 5.95 Å². The summed E-state index contributed by atoms with van der Waals surface area (Å²) in [5.74, 6) is 0.624. The molecule has 2 heterocycles. The van der Waals surface area contributed by atoms with E-state index in [9.17, 15) is 4.39 Å². The summed E-state index contributed by atoms with van der Waals surface area (Å²) in [5.41, 5.74) is 1.58. The zero-order valence-electron chi connectivity index (χ0n) is 10.4. The Hall–Kier alpha value is -1.62. The van der Waals surface area contributed by atoms with Crippen LogP contribution in [0, 0.1) is 5.82 Å². The molecule has 0 saturated carbocycles. The molecule has 1 aromatic carbocycles. The van der Waals surface area contributed by atoms with E-state index in [1.54, 1.807) is 6.07 Å². The minimum Gasteiger partial charge on any atom is -0.338 e. The van der Waals surface area contributed by atoms with Crippen molar-refractivity contribution >= 4 is 17.0 Å². The van der Waals surface area contributed by atoms with E-state index in [0.717, 1.165) is 30.1 Å². The Balaban J connectivity index is 1.93. The molecular formula is C13H17FN4. The largest absolute Gasteiger partial charge is 0.338 e. The van der Waals surface area contributed by atoms with Crippen LogP contribution in [0.25, 0.3) is 11.0 Å². The number of hydrogen-bond acceptors (Lipinski definition) is 3. The van der Waals surface area contributed by atoms with Crippen molar-refractivity contribution in [3.63, 3.8) is 0 Å². The van der Waals surface area contributed by atoms with Crippen molar-refractivity contribution in [2.45, 2.75) is 18.9 Å². The molecular weight excluding hydrogens is 231 g/mol. The third kappa shape index (κ3) is 1.95. The molecule has 0 radical (unpaired) electrons. The number of H-pyrrole nitrogens is 1. The van der Waals surface area contributed by atoms with Gasteiger partial charge in [0.15, 0.2) is 0 Å². The number of hydrogen-bond donors (Lipinski definition) is 2. The summed E-state index contributed by atoms with van der Waals surface area (Å²) in [4.78, 5) is 10.0. The summed E-state index contributed by atoms with van der Waals surface area (Å²) in [6.45, 7) is 1.96. The first-order chi connectivity index (χ1) is 8.78. The normalized spacial score (nSPS) is 19.9. The third-order valence-corrected chi connectivity index (χ3v) is 3.52. The lowest BCUT2D eigenvalue weighted by molar-refractivity contribution is 0.609. The van der Waals surface area contributed by atoms with Crippen LogP contribution in [0.1, 0.15) is 12.8 Å². The van der Waals surface area contributed by atoms with Gasteiger partial charge in [-0.25, -0.2) is 9.37 Å². The highest BCUT2D eigenvalue weighted by Crippen LogP contribution is 2.25. The lowest BCUT2D eigenvalue weighted by Gasteiger charge is -2.23. The van der Waals surface area contributed by atoms with Gasteiger partial charge in [-0.2, -0.15) is 0 Å². The smallest absolute Gasteiger partial charge is 0.204 e. The second kappa shape index (κ2) is 4.57. The fraction of sp³-hybridized carbons (Fsp3) is 0.462. The maximum absolute atomic E-state index is 13.1. The summed E-state index contributed by atoms with van der Waals surface area (Å²) in [6, 6.07) is 5.13. The molecule has 0 bridgehead atoms. The molecule has 2 aromatic rings. The van der Waals surface area contributed by atoms with Gasteiger partial charge in [-0.15, -0.1) is 0 Å². The van der Waals surface area contributed by atoms with Gasteiger partial charge in [-0.05, 0) is 38.1 Å². The molecule has 0 spiro atoms. The van der Waals surface area contributed by atoms with Crippen LogP contribution in [0.4, 0.5) is 10.3 Å². The molecule has 1 aliphatic heterocycles. The van der Waals surface area contributed by atoms with Gasteiger partial charge in [0.25, 0.3) is 0 Å². The first-order valence-corrected chi connectivity index (χ1v) is 6.34. The quantitative estimate of drug-likeness (QED) is 0.871. The molecule has 4 nitrogen and oxygen atoms in total. The van der Waals surface area contributed by atoms with Crippen molar-refractivity contribution in [2.24, 2.45) is 0 Å². The van der Waals surface area contributed by atoms with Crippen molar-refractivity contribution in [2.75, 3.05) is 25.0 Å². The standard InChI is InChI=1S/C13H17FN4/c1-15-8-10-3-2-6-18(10)13-16-11-5-4-9(14)7-12(11)17-13/h4-5,7,10,15H,2-3,6,8H2,1H3,(H,16,17). The number of aromatic amines is 1. The average Bonchev–Trinajstić information content (AvgIpc) is 2.94. The summed E-state index contributed by atoms with van der Waals surface area (Å²) >= 11 is 0. The molecule has 5 heteroatoms. The highest BCUT2D eigenvalue weighted by atomic mass is 19.1. The van der Waals surface area contributed by atoms with Crippen LogP contribution < -0.4 is 10.2 Å². The van der Waals surface area contributed by atoms with Crippen molar-refractivity contribution in [3.8, 4) is 0 Å². The van der Waals surface area contributed by atoms with Crippen LogP contribution in [0.3, 0.4) is 0 Å². The van der Waals surface area contributed by atoms with Crippen LogP contribution >= 0.6 is 0 Å². The fourth-order valence-corrected chi connectivity index (χ4v) is 2.67. The van der Waals surface area contributed by atoms with Crippen LogP contribution in [0.2, 0.25) is 0 Å². The number of halogens is 1. The number of likely N-dealkylation sites (N-methyl/N-ethyl adjacent to an activating group) is 1. The Kier molecular flexibility index (Phi) is 2.91. The molecule has 0 amide bonds. The predicted octanol–water partition coefficient (Wildman–Crippen LogP) is 1.89. The van der Waals surface area contributed by atoms with E-state index < -0.39 is 0 Å². The molecule has 1 unspecified atom stereocenters. The first kappa shape index (κ1) is 11.5. The topological polar surface area (TPSA) is 44.0 Å². The van der Waals surface area contributed by atoms with Crippen LogP contribution in [-0.4, -0.2) is 36.1 Å². The van der Waals surface area contributed by atoms with E-state index in [1.165, 1.54) is 25.0 Å². The number of nitrogens with one attached hydrogen (secondary N) is 2. The minimum atomic E-state index is -0.231. The molecule has 3 rings (SSSR count). The van der Waals surface area contributed by atoms with Crippen molar-refractivity contribution in [1.29, 1.82) is 0 Å². The van der Waals surface area contributed by atoms with Crippen molar-refractivity contribution in [3.05, 3.63) is 24.0 Å². The highest BCUT2D eigenvalue weighted by Gasteiger charge is 2.26. The number of benzene rings is 1. The zero-order valence-corrected chi connectivity index (χ0v) is 10.4. The zero-order chi connectivity index (χ0) is 12.5. The second-order valence-electron chi connectivity index (χ2n) is 4.77. The van der Waals surface area contributed by atoms with E-state index in [0.29, 0.717) is 6.04 Å². The highest BCUT2D eigenvalue weighted by molar-refractivity contribution is 5.77. The Morgan fingerprint density at radius 3 is 3.28 bits per heavy atom. The molecule has 1 atom stereocenters.